The molecule has 1 aromatic rings. The van der Waals surface area contributed by atoms with E-state index in [2.05, 4.69) is 35.0 Å². The molecule has 1 aromatic heterocycles. The highest BCUT2D eigenvalue weighted by atomic mass is 15.3. The second-order valence-electron chi connectivity index (χ2n) is 4.28. The second kappa shape index (κ2) is 6.06. The summed E-state index contributed by atoms with van der Waals surface area (Å²) in [4.78, 5) is 2.11. The first-order valence-electron chi connectivity index (χ1n) is 5.55. The number of aryl methyl sites for hydroxylation is 1. The maximum absolute atomic E-state index is 8.63. The monoisotopic (exact) mass is 218 g/mol. The van der Waals surface area contributed by atoms with E-state index in [1.54, 1.807) is 0 Å². The molecule has 16 heavy (non-hydrogen) atoms. The zero-order valence-electron chi connectivity index (χ0n) is 10.1. The fourth-order valence-electron chi connectivity index (χ4n) is 1.49. The van der Waals surface area contributed by atoms with Crippen LogP contribution in [0.25, 0.3) is 0 Å². The van der Waals surface area contributed by atoms with Crippen LogP contribution in [0.3, 0.4) is 0 Å². The Hall–Kier alpha value is -1.63. The summed E-state index contributed by atoms with van der Waals surface area (Å²) in [6.45, 7) is 7.84. The van der Waals surface area contributed by atoms with Crippen LogP contribution in [0.5, 0.6) is 0 Å². The van der Waals surface area contributed by atoms with Crippen molar-refractivity contribution in [3.8, 4) is 6.07 Å². The Balaban J connectivity index is 2.75. The highest BCUT2D eigenvalue weighted by Crippen LogP contribution is 2.12. The molecule has 0 saturated heterocycles. The molecule has 0 aromatic carbocycles. The molecule has 86 valence electrons. The first kappa shape index (κ1) is 12.4. The lowest BCUT2D eigenvalue weighted by atomic mass is 10.2. The van der Waals surface area contributed by atoms with E-state index in [9.17, 15) is 0 Å². The van der Waals surface area contributed by atoms with Gasteiger partial charge in [0.2, 0.25) is 0 Å². The molecule has 0 bridgehead atoms. The zero-order chi connectivity index (χ0) is 12.0. The largest absolute Gasteiger partial charge is 0.354 e. The number of aromatic nitrogens is 2. The van der Waals surface area contributed by atoms with Crippen molar-refractivity contribution in [1.82, 2.24) is 10.2 Å². The Morgan fingerprint density at radius 3 is 2.62 bits per heavy atom. The SMILES string of the molecule is Cc1ccc(N(CCC#N)CC(C)C)nn1. The fraction of sp³-hybridized carbons (Fsp3) is 0.583. The van der Waals surface area contributed by atoms with Crippen molar-refractivity contribution >= 4 is 5.82 Å². The average Bonchev–Trinajstić information content (AvgIpc) is 2.25. The van der Waals surface area contributed by atoms with Gasteiger partial charge in [0.25, 0.3) is 0 Å². The summed E-state index contributed by atoms with van der Waals surface area (Å²) in [5.41, 5.74) is 0.911. The molecule has 0 amide bonds. The highest BCUT2D eigenvalue weighted by molar-refractivity contribution is 5.37. The predicted octanol–water partition coefficient (Wildman–Crippen LogP) is 2.16. The lowest BCUT2D eigenvalue weighted by Crippen LogP contribution is -2.29. The minimum Gasteiger partial charge on any atom is -0.354 e. The Bertz CT molecular complexity index is 350. The molecular formula is C12H18N4. The summed E-state index contributed by atoms with van der Waals surface area (Å²) in [6, 6.07) is 6.07. The molecule has 0 spiro atoms. The molecule has 1 heterocycles. The van der Waals surface area contributed by atoms with Gasteiger partial charge in [-0.1, -0.05) is 13.8 Å². The normalized spacial score (nSPS) is 10.2. The topological polar surface area (TPSA) is 52.8 Å². The quantitative estimate of drug-likeness (QED) is 0.760. The number of nitrogens with zero attached hydrogens (tertiary/aromatic N) is 4. The van der Waals surface area contributed by atoms with Gasteiger partial charge in [-0.05, 0) is 25.0 Å². The van der Waals surface area contributed by atoms with Gasteiger partial charge in [-0.15, -0.1) is 5.10 Å². The van der Waals surface area contributed by atoms with Gasteiger partial charge in [-0.25, -0.2) is 0 Å². The van der Waals surface area contributed by atoms with E-state index in [1.807, 2.05) is 19.1 Å². The lowest BCUT2D eigenvalue weighted by Gasteiger charge is -2.24. The molecule has 0 fully saturated rings. The van der Waals surface area contributed by atoms with Crippen LogP contribution in [0.2, 0.25) is 0 Å². The molecule has 4 heteroatoms. The van der Waals surface area contributed by atoms with Crippen LogP contribution < -0.4 is 4.90 Å². The summed E-state index contributed by atoms with van der Waals surface area (Å²) in [7, 11) is 0. The van der Waals surface area contributed by atoms with E-state index in [4.69, 9.17) is 5.26 Å². The van der Waals surface area contributed by atoms with E-state index in [0.29, 0.717) is 18.9 Å². The Morgan fingerprint density at radius 1 is 1.38 bits per heavy atom. The van der Waals surface area contributed by atoms with Crippen molar-refractivity contribution in [2.24, 2.45) is 5.92 Å². The summed E-state index contributed by atoms with van der Waals surface area (Å²) in [5.74, 6) is 1.40. The van der Waals surface area contributed by atoms with Gasteiger partial charge in [-0.3, -0.25) is 0 Å². The van der Waals surface area contributed by atoms with Crippen LogP contribution in [0, 0.1) is 24.2 Å². The van der Waals surface area contributed by atoms with Crippen LogP contribution in [0.15, 0.2) is 12.1 Å². The van der Waals surface area contributed by atoms with E-state index >= 15 is 0 Å². The van der Waals surface area contributed by atoms with Crippen LogP contribution in [-0.4, -0.2) is 23.3 Å². The van der Waals surface area contributed by atoms with Crippen molar-refractivity contribution in [2.75, 3.05) is 18.0 Å². The van der Waals surface area contributed by atoms with Crippen LogP contribution in [0.4, 0.5) is 5.82 Å². The Kier molecular flexibility index (Phi) is 4.71. The van der Waals surface area contributed by atoms with Crippen molar-refractivity contribution in [3.05, 3.63) is 17.8 Å². The van der Waals surface area contributed by atoms with Crippen LogP contribution >= 0.6 is 0 Å². The number of anilines is 1. The summed E-state index contributed by atoms with van der Waals surface area (Å²) < 4.78 is 0. The standard InChI is InChI=1S/C12H18N4/c1-10(2)9-16(8-4-7-13)12-6-5-11(3)14-15-12/h5-6,10H,4,8-9H2,1-3H3. The number of nitriles is 1. The molecule has 4 nitrogen and oxygen atoms in total. The predicted molar refractivity (Wildman–Crippen MR) is 64.1 cm³/mol. The molecule has 0 aliphatic heterocycles. The molecule has 1 rings (SSSR count). The first-order chi connectivity index (χ1) is 7.63. The molecule has 0 atom stereocenters. The Morgan fingerprint density at radius 2 is 2.12 bits per heavy atom. The van der Waals surface area contributed by atoms with E-state index in [-0.39, 0.29) is 0 Å². The minimum atomic E-state index is 0.516. The third-order valence-corrected chi connectivity index (χ3v) is 2.19. The molecular weight excluding hydrogens is 200 g/mol. The zero-order valence-corrected chi connectivity index (χ0v) is 10.1. The fourth-order valence-corrected chi connectivity index (χ4v) is 1.49. The molecule has 0 unspecified atom stereocenters. The summed E-state index contributed by atoms with van der Waals surface area (Å²) in [6.07, 6.45) is 0.516. The van der Waals surface area contributed by atoms with Gasteiger partial charge >= 0.3 is 0 Å². The van der Waals surface area contributed by atoms with Crippen molar-refractivity contribution in [2.45, 2.75) is 27.2 Å². The smallest absolute Gasteiger partial charge is 0.151 e. The molecule has 0 radical (unpaired) electrons. The Labute approximate surface area is 96.9 Å². The van der Waals surface area contributed by atoms with Crippen LogP contribution in [-0.2, 0) is 0 Å². The third kappa shape index (κ3) is 3.85. The van der Waals surface area contributed by atoms with Crippen molar-refractivity contribution in [1.29, 1.82) is 5.26 Å². The van der Waals surface area contributed by atoms with E-state index in [1.165, 1.54) is 0 Å². The average molecular weight is 218 g/mol. The lowest BCUT2D eigenvalue weighted by molar-refractivity contribution is 0.605. The number of rotatable bonds is 5. The molecule has 0 aliphatic rings. The van der Waals surface area contributed by atoms with Gasteiger partial charge in [0, 0.05) is 13.1 Å². The van der Waals surface area contributed by atoms with Gasteiger partial charge in [0.05, 0.1) is 18.2 Å². The van der Waals surface area contributed by atoms with Crippen molar-refractivity contribution in [3.63, 3.8) is 0 Å². The molecule has 0 saturated carbocycles. The second-order valence-corrected chi connectivity index (χ2v) is 4.28. The maximum atomic E-state index is 8.63. The number of hydrogen-bond acceptors (Lipinski definition) is 4. The van der Waals surface area contributed by atoms with E-state index < -0.39 is 0 Å². The van der Waals surface area contributed by atoms with Gasteiger partial charge < -0.3 is 4.90 Å². The minimum absolute atomic E-state index is 0.516. The van der Waals surface area contributed by atoms with Crippen LogP contribution in [0.1, 0.15) is 26.0 Å². The molecule has 0 N–H and O–H groups in total. The molecule has 0 aliphatic carbocycles. The van der Waals surface area contributed by atoms with Gasteiger partial charge in [-0.2, -0.15) is 10.4 Å². The summed E-state index contributed by atoms with van der Waals surface area (Å²) >= 11 is 0. The van der Waals surface area contributed by atoms with Crippen molar-refractivity contribution < 1.29 is 0 Å². The van der Waals surface area contributed by atoms with Gasteiger partial charge in [0.1, 0.15) is 0 Å². The van der Waals surface area contributed by atoms with E-state index in [0.717, 1.165) is 18.1 Å². The highest BCUT2D eigenvalue weighted by Gasteiger charge is 2.09. The summed E-state index contributed by atoms with van der Waals surface area (Å²) in [5, 5.41) is 16.8. The third-order valence-electron chi connectivity index (χ3n) is 2.19. The first-order valence-corrected chi connectivity index (χ1v) is 5.55. The number of hydrogen-bond donors (Lipinski definition) is 0. The maximum Gasteiger partial charge on any atom is 0.151 e. The van der Waals surface area contributed by atoms with Gasteiger partial charge in [0.15, 0.2) is 5.82 Å².